The number of aromatic hydroxyl groups is 1. The standard InChI is InChI=1S/C12H12N2O3/c1-7-11(8(2)15)14(17)12(13-7)9-5-3-4-6-10(9)16/h3-6,16-17H,1-2H3. The maximum Gasteiger partial charge on any atom is 0.181 e. The Morgan fingerprint density at radius 2 is 2.00 bits per heavy atom. The van der Waals surface area contributed by atoms with Crippen molar-refractivity contribution in [2.24, 2.45) is 0 Å². The maximum absolute atomic E-state index is 11.3. The van der Waals surface area contributed by atoms with Gasteiger partial charge >= 0.3 is 0 Å². The molecule has 0 fully saturated rings. The fourth-order valence-corrected chi connectivity index (χ4v) is 1.76. The lowest BCUT2D eigenvalue weighted by molar-refractivity contribution is 0.0965. The maximum atomic E-state index is 11.3. The molecule has 0 unspecified atom stereocenters. The van der Waals surface area contributed by atoms with Gasteiger partial charge in [-0.2, -0.15) is 4.73 Å². The van der Waals surface area contributed by atoms with Crippen LogP contribution in [0.3, 0.4) is 0 Å². The predicted molar refractivity (Wildman–Crippen MR) is 61.3 cm³/mol. The van der Waals surface area contributed by atoms with E-state index in [1.54, 1.807) is 25.1 Å². The molecule has 0 aliphatic carbocycles. The summed E-state index contributed by atoms with van der Waals surface area (Å²) >= 11 is 0. The molecular formula is C12H12N2O3. The minimum atomic E-state index is -0.279. The van der Waals surface area contributed by atoms with Crippen molar-refractivity contribution in [3.05, 3.63) is 35.7 Å². The Morgan fingerprint density at radius 1 is 1.35 bits per heavy atom. The Labute approximate surface area is 97.9 Å². The van der Waals surface area contributed by atoms with Gasteiger partial charge < -0.3 is 10.3 Å². The van der Waals surface area contributed by atoms with E-state index >= 15 is 0 Å². The fraction of sp³-hybridized carbons (Fsp3) is 0.167. The van der Waals surface area contributed by atoms with E-state index in [0.717, 1.165) is 0 Å². The Bertz CT molecular complexity index is 587. The van der Waals surface area contributed by atoms with E-state index < -0.39 is 0 Å². The number of imidazole rings is 1. The van der Waals surface area contributed by atoms with Crippen LogP contribution in [0.1, 0.15) is 23.1 Å². The molecule has 2 rings (SSSR count). The van der Waals surface area contributed by atoms with Gasteiger partial charge in [0.2, 0.25) is 0 Å². The van der Waals surface area contributed by atoms with Crippen LogP contribution in [0.25, 0.3) is 11.4 Å². The number of aryl methyl sites for hydroxylation is 1. The van der Waals surface area contributed by atoms with E-state index in [1.807, 2.05) is 0 Å². The molecule has 1 heterocycles. The number of Topliss-reactive ketones (excluding diaryl/α,β-unsaturated/α-hetero) is 1. The third-order valence-electron chi connectivity index (χ3n) is 2.51. The van der Waals surface area contributed by atoms with Gasteiger partial charge in [0.15, 0.2) is 11.6 Å². The average molecular weight is 232 g/mol. The quantitative estimate of drug-likeness (QED) is 0.613. The Hall–Kier alpha value is -2.30. The van der Waals surface area contributed by atoms with Crippen molar-refractivity contribution < 1.29 is 15.1 Å². The molecule has 88 valence electrons. The lowest BCUT2D eigenvalue weighted by Gasteiger charge is -2.04. The third-order valence-corrected chi connectivity index (χ3v) is 2.51. The minimum Gasteiger partial charge on any atom is -0.507 e. The van der Waals surface area contributed by atoms with Gasteiger partial charge in [-0.1, -0.05) is 12.1 Å². The number of carbonyl (C=O) groups excluding carboxylic acids is 1. The van der Waals surface area contributed by atoms with Gasteiger partial charge in [0.1, 0.15) is 11.4 Å². The van der Waals surface area contributed by atoms with Crippen molar-refractivity contribution in [1.29, 1.82) is 0 Å². The zero-order chi connectivity index (χ0) is 12.6. The molecule has 0 amide bonds. The Kier molecular flexibility index (Phi) is 2.59. The van der Waals surface area contributed by atoms with Crippen LogP contribution in [-0.4, -0.2) is 25.8 Å². The molecule has 0 saturated heterocycles. The van der Waals surface area contributed by atoms with E-state index in [2.05, 4.69) is 4.98 Å². The lowest BCUT2D eigenvalue weighted by Crippen LogP contribution is -2.05. The summed E-state index contributed by atoms with van der Waals surface area (Å²) in [6.45, 7) is 2.98. The Morgan fingerprint density at radius 3 is 2.53 bits per heavy atom. The van der Waals surface area contributed by atoms with Crippen molar-refractivity contribution in [3.63, 3.8) is 0 Å². The summed E-state index contributed by atoms with van der Waals surface area (Å²) in [6.07, 6.45) is 0. The summed E-state index contributed by atoms with van der Waals surface area (Å²) in [6, 6.07) is 6.50. The first-order valence-corrected chi connectivity index (χ1v) is 5.10. The summed E-state index contributed by atoms with van der Waals surface area (Å²) in [5.74, 6) is -0.118. The number of carbonyl (C=O) groups is 1. The van der Waals surface area contributed by atoms with Crippen LogP contribution in [0, 0.1) is 6.92 Å². The van der Waals surface area contributed by atoms with Gasteiger partial charge in [-0.25, -0.2) is 4.98 Å². The van der Waals surface area contributed by atoms with E-state index in [0.29, 0.717) is 16.0 Å². The average Bonchev–Trinajstić information content (AvgIpc) is 2.55. The molecule has 2 N–H and O–H groups in total. The number of phenolic OH excluding ortho intramolecular Hbond substituents is 1. The van der Waals surface area contributed by atoms with Crippen LogP contribution >= 0.6 is 0 Å². The summed E-state index contributed by atoms with van der Waals surface area (Å²) in [7, 11) is 0. The monoisotopic (exact) mass is 232 g/mol. The summed E-state index contributed by atoms with van der Waals surface area (Å²) in [4.78, 5) is 15.4. The molecule has 0 saturated carbocycles. The van der Waals surface area contributed by atoms with Crippen LogP contribution < -0.4 is 0 Å². The first-order chi connectivity index (χ1) is 8.02. The van der Waals surface area contributed by atoms with Crippen molar-refractivity contribution in [1.82, 2.24) is 9.71 Å². The van der Waals surface area contributed by atoms with Gasteiger partial charge in [-0.15, -0.1) is 0 Å². The number of benzene rings is 1. The largest absolute Gasteiger partial charge is 0.507 e. The molecule has 5 nitrogen and oxygen atoms in total. The molecular weight excluding hydrogens is 220 g/mol. The molecule has 17 heavy (non-hydrogen) atoms. The van der Waals surface area contributed by atoms with E-state index in [4.69, 9.17) is 0 Å². The second kappa shape index (κ2) is 3.93. The molecule has 0 atom stereocenters. The minimum absolute atomic E-state index is 0.00269. The smallest absolute Gasteiger partial charge is 0.181 e. The van der Waals surface area contributed by atoms with Crippen molar-refractivity contribution in [2.75, 3.05) is 0 Å². The molecule has 0 aliphatic rings. The second-order valence-electron chi connectivity index (χ2n) is 3.75. The number of ketones is 1. The van der Waals surface area contributed by atoms with Gasteiger partial charge in [0.05, 0.1) is 11.3 Å². The van der Waals surface area contributed by atoms with Crippen LogP contribution in [-0.2, 0) is 0 Å². The van der Waals surface area contributed by atoms with E-state index in [9.17, 15) is 15.1 Å². The van der Waals surface area contributed by atoms with Crippen LogP contribution in [0.2, 0.25) is 0 Å². The highest BCUT2D eigenvalue weighted by molar-refractivity contribution is 5.94. The molecule has 1 aromatic carbocycles. The zero-order valence-electron chi connectivity index (χ0n) is 9.51. The number of nitrogens with zero attached hydrogens (tertiary/aromatic N) is 2. The van der Waals surface area contributed by atoms with E-state index in [-0.39, 0.29) is 23.1 Å². The predicted octanol–water partition coefficient (Wildman–Crippen LogP) is 2.00. The Balaban J connectivity index is 2.66. The van der Waals surface area contributed by atoms with Gasteiger partial charge in [-0.05, 0) is 19.1 Å². The van der Waals surface area contributed by atoms with Crippen molar-refractivity contribution >= 4 is 5.78 Å². The molecule has 0 bridgehead atoms. The highest BCUT2D eigenvalue weighted by Gasteiger charge is 2.20. The van der Waals surface area contributed by atoms with E-state index in [1.165, 1.54) is 13.0 Å². The first kappa shape index (κ1) is 11.2. The fourth-order valence-electron chi connectivity index (χ4n) is 1.76. The molecule has 0 spiro atoms. The van der Waals surface area contributed by atoms with Crippen LogP contribution in [0.4, 0.5) is 0 Å². The molecule has 0 aliphatic heterocycles. The van der Waals surface area contributed by atoms with Crippen LogP contribution in [0.5, 0.6) is 5.75 Å². The van der Waals surface area contributed by atoms with Gasteiger partial charge in [0.25, 0.3) is 0 Å². The number of phenols is 1. The first-order valence-electron chi connectivity index (χ1n) is 5.10. The molecule has 0 radical (unpaired) electrons. The molecule has 5 heteroatoms. The highest BCUT2D eigenvalue weighted by atomic mass is 16.5. The zero-order valence-corrected chi connectivity index (χ0v) is 9.51. The van der Waals surface area contributed by atoms with Crippen LogP contribution in [0.15, 0.2) is 24.3 Å². The number of para-hydroxylation sites is 1. The normalized spacial score (nSPS) is 10.5. The second-order valence-corrected chi connectivity index (χ2v) is 3.75. The molecule has 2 aromatic rings. The topological polar surface area (TPSA) is 75.3 Å². The summed E-state index contributed by atoms with van der Waals surface area (Å²) in [5.41, 5.74) is 0.937. The van der Waals surface area contributed by atoms with Crippen molar-refractivity contribution in [3.8, 4) is 17.1 Å². The number of hydrogen-bond acceptors (Lipinski definition) is 4. The highest BCUT2D eigenvalue weighted by Crippen LogP contribution is 2.28. The van der Waals surface area contributed by atoms with Gasteiger partial charge in [-0.3, -0.25) is 4.79 Å². The number of aromatic nitrogens is 2. The SMILES string of the molecule is CC(=O)c1c(C)nc(-c2ccccc2O)n1O. The molecule has 1 aromatic heterocycles. The lowest BCUT2D eigenvalue weighted by atomic mass is 10.2. The summed E-state index contributed by atoms with van der Waals surface area (Å²) < 4.78 is 0.715. The van der Waals surface area contributed by atoms with Crippen molar-refractivity contribution in [2.45, 2.75) is 13.8 Å². The third kappa shape index (κ3) is 1.75. The summed E-state index contributed by atoms with van der Waals surface area (Å²) in [5, 5.41) is 19.6. The number of rotatable bonds is 2. The number of hydrogen-bond donors (Lipinski definition) is 2. The van der Waals surface area contributed by atoms with Gasteiger partial charge in [0, 0.05) is 6.92 Å².